The maximum atomic E-state index is 11.9. The van der Waals surface area contributed by atoms with E-state index < -0.39 is 0 Å². The summed E-state index contributed by atoms with van der Waals surface area (Å²) in [4.78, 5) is 24.7. The summed E-state index contributed by atoms with van der Waals surface area (Å²) >= 11 is 0. The molecule has 0 aromatic carbocycles. The molecule has 1 saturated heterocycles. The average molecular weight is 210 g/mol. The van der Waals surface area contributed by atoms with Gasteiger partial charge in [-0.2, -0.15) is 0 Å². The van der Waals surface area contributed by atoms with E-state index in [1.807, 2.05) is 4.90 Å². The standard InChI is InChI=1S/C11H18N2O2/c12-10(14)8-4-6-13(7-5-8)11(15)9-2-1-3-9/h8-9H,1-7H2,(H2,12,14). The van der Waals surface area contributed by atoms with Crippen molar-refractivity contribution < 1.29 is 9.59 Å². The van der Waals surface area contributed by atoms with Crippen LogP contribution >= 0.6 is 0 Å². The van der Waals surface area contributed by atoms with E-state index >= 15 is 0 Å². The van der Waals surface area contributed by atoms with Crippen molar-refractivity contribution in [3.8, 4) is 0 Å². The second-order valence-corrected chi connectivity index (χ2v) is 4.63. The number of rotatable bonds is 2. The van der Waals surface area contributed by atoms with Gasteiger partial charge in [0, 0.05) is 24.9 Å². The molecule has 15 heavy (non-hydrogen) atoms. The van der Waals surface area contributed by atoms with Crippen LogP contribution in [0.15, 0.2) is 0 Å². The van der Waals surface area contributed by atoms with E-state index in [1.165, 1.54) is 6.42 Å². The summed E-state index contributed by atoms with van der Waals surface area (Å²) in [5.74, 6) is 0.334. The van der Waals surface area contributed by atoms with Gasteiger partial charge in [-0.1, -0.05) is 6.42 Å². The van der Waals surface area contributed by atoms with Crippen molar-refractivity contribution in [3.05, 3.63) is 0 Å². The van der Waals surface area contributed by atoms with E-state index in [9.17, 15) is 9.59 Å². The second kappa shape index (κ2) is 4.21. The summed E-state index contributed by atoms with van der Waals surface area (Å²) in [5.41, 5.74) is 5.24. The molecule has 4 heteroatoms. The molecule has 2 fully saturated rings. The molecule has 84 valence electrons. The topological polar surface area (TPSA) is 63.4 Å². The SMILES string of the molecule is NC(=O)C1CCN(C(=O)C2CCC2)CC1. The van der Waals surface area contributed by atoms with Gasteiger partial charge in [-0.05, 0) is 25.7 Å². The fraction of sp³-hybridized carbons (Fsp3) is 0.818. The Bertz CT molecular complexity index is 266. The van der Waals surface area contributed by atoms with Gasteiger partial charge in [0.15, 0.2) is 0 Å². The van der Waals surface area contributed by atoms with Crippen molar-refractivity contribution in [3.63, 3.8) is 0 Å². The van der Waals surface area contributed by atoms with Crippen LogP contribution in [0, 0.1) is 11.8 Å². The Morgan fingerprint density at radius 1 is 1.00 bits per heavy atom. The van der Waals surface area contributed by atoms with E-state index in [0.29, 0.717) is 19.0 Å². The summed E-state index contributed by atoms with van der Waals surface area (Å²) in [7, 11) is 0. The molecule has 0 radical (unpaired) electrons. The van der Waals surface area contributed by atoms with Crippen LogP contribution in [-0.2, 0) is 9.59 Å². The van der Waals surface area contributed by atoms with Crippen LogP contribution in [0.25, 0.3) is 0 Å². The first-order valence-corrected chi connectivity index (χ1v) is 5.76. The van der Waals surface area contributed by atoms with Gasteiger partial charge in [-0.15, -0.1) is 0 Å². The van der Waals surface area contributed by atoms with E-state index in [4.69, 9.17) is 5.73 Å². The number of nitrogens with two attached hydrogens (primary N) is 1. The zero-order valence-corrected chi connectivity index (χ0v) is 8.95. The molecule has 1 heterocycles. The highest BCUT2D eigenvalue weighted by molar-refractivity contribution is 5.80. The van der Waals surface area contributed by atoms with Crippen LogP contribution in [0.1, 0.15) is 32.1 Å². The van der Waals surface area contributed by atoms with Crippen LogP contribution in [0.3, 0.4) is 0 Å². The minimum atomic E-state index is -0.217. The van der Waals surface area contributed by atoms with Crippen molar-refractivity contribution in [2.75, 3.05) is 13.1 Å². The smallest absolute Gasteiger partial charge is 0.225 e. The highest BCUT2D eigenvalue weighted by Gasteiger charge is 2.32. The van der Waals surface area contributed by atoms with Gasteiger partial charge in [0.25, 0.3) is 0 Å². The van der Waals surface area contributed by atoms with Crippen LogP contribution in [0.4, 0.5) is 0 Å². The fourth-order valence-corrected chi connectivity index (χ4v) is 2.30. The Morgan fingerprint density at radius 3 is 2.00 bits per heavy atom. The minimum Gasteiger partial charge on any atom is -0.369 e. The Morgan fingerprint density at radius 2 is 1.60 bits per heavy atom. The number of carbonyl (C=O) groups is 2. The van der Waals surface area contributed by atoms with Crippen LogP contribution in [0.2, 0.25) is 0 Å². The summed E-state index contributed by atoms with van der Waals surface area (Å²) in [6.07, 6.45) is 4.78. The maximum absolute atomic E-state index is 11.9. The molecule has 0 spiro atoms. The molecule has 0 aromatic rings. The lowest BCUT2D eigenvalue weighted by atomic mass is 9.83. The van der Waals surface area contributed by atoms with Crippen LogP contribution < -0.4 is 5.73 Å². The van der Waals surface area contributed by atoms with Gasteiger partial charge in [-0.3, -0.25) is 9.59 Å². The van der Waals surface area contributed by atoms with Gasteiger partial charge in [0.2, 0.25) is 11.8 Å². The molecule has 2 amide bonds. The van der Waals surface area contributed by atoms with Crippen LogP contribution in [0.5, 0.6) is 0 Å². The highest BCUT2D eigenvalue weighted by atomic mass is 16.2. The summed E-state index contributed by atoms with van der Waals surface area (Å²) in [5, 5.41) is 0. The zero-order valence-electron chi connectivity index (χ0n) is 8.95. The molecule has 0 aromatic heterocycles. The largest absolute Gasteiger partial charge is 0.369 e. The third kappa shape index (κ3) is 2.13. The van der Waals surface area contributed by atoms with E-state index in [-0.39, 0.29) is 17.7 Å². The first-order chi connectivity index (χ1) is 7.18. The number of hydrogen-bond acceptors (Lipinski definition) is 2. The predicted octanol–water partition coefficient (Wildman–Crippen LogP) is 0.510. The number of likely N-dealkylation sites (tertiary alicyclic amines) is 1. The third-order valence-corrected chi connectivity index (χ3v) is 3.66. The molecule has 2 rings (SSSR count). The molecule has 1 aliphatic carbocycles. The van der Waals surface area contributed by atoms with Crippen molar-refractivity contribution in [1.29, 1.82) is 0 Å². The Hall–Kier alpha value is -1.06. The van der Waals surface area contributed by atoms with Gasteiger partial charge in [0.1, 0.15) is 0 Å². The van der Waals surface area contributed by atoms with E-state index in [1.54, 1.807) is 0 Å². The predicted molar refractivity (Wildman–Crippen MR) is 55.8 cm³/mol. The zero-order chi connectivity index (χ0) is 10.8. The number of amides is 2. The quantitative estimate of drug-likeness (QED) is 0.721. The first kappa shape index (κ1) is 10.5. The summed E-state index contributed by atoms with van der Waals surface area (Å²) < 4.78 is 0. The average Bonchev–Trinajstić information content (AvgIpc) is 2.15. The minimum absolute atomic E-state index is 0.0181. The lowest BCUT2D eigenvalue weighted by Crippen LogP contribution is -2.45. The highest BCUT2D eigenvalue weighted by Crippen LogP contribution is 2.29. The molecule has 2 aliphatic rings. The molecule has 4 nitrogen and oxygen atoms in total. The molecular weight excluding hydrogens is 192 g/mol. The fourth-order valence-electron chi connectivity index (χ4n) is 2.30. The molecular formula is C11H18N2O2. The molecule has 0 atom stereocenters. The lowest BCUT2D eigenvalue weighted by molar-refractivity contribution is -0.141. The van der Waals surface area contributed by atoms with Crippen molar-refractivity contribution in [2.45, 2.75) is 32.1 Å². The molecule has 0 bridgehead atoms. The second-order valence-electron chi connectivity index (χ2n) is 4.63. The number of primary amides is 1. The Labute approximate surface area is 89.8 Å². The number of nitrogens with zero attached hydrogens (tertiary/aromatic N) is 1. The summed E-state index contributed by atoms with van der Waals surface area (Å²) in [6, 6.07) is 0. The normalized spacial score (nSPS) is 23.6. The summed E-state index contributed by atoms with van der Waals surface area (Å²) in [6.45, 7) is 1.42. The Balaban J connectivity index is 1.82. The molecule has 0 unspecified atom stereocenters. The third-order valence-electron chi connectivity index (χ3n) is 3.66. The van der Waals surface area contributed by atoms with Crippen molar-refractivity contribution in [1.82, 2.24) is 4.90 Å². The molecule has 1 aliphatic heterocycles. The molecule has 2 N–H and O–H groups in total. The monoisotopic (exact) mass is 210 g/mol. The molecule has 1 saturated carbocycles. The number of hydrogen-bond donors (Lipinski definition) is 1. The maximum Gasteiger partial charge on any atom is 0.225 e. The van der Waals surface area contributed by atoms with Gasteiger partial charge >= 0.3 is 0 Å². The van der Waals surface area contributed by atoms with Crippen LogP contribution in [-0.4, -0.2) is 29.8 Å². The van der Waals surface area contributed by atoms with E-state index in [0.717, 1.165) is 25.7 Å². The first-order valence-electron chi connectivity index (χ1n) is 5.76. The number of piperidine rings is 1. The van der Waals surface area contributed by atoms with Gasteiger partial charge < -0.3 is 10.6 Å². The van der Waals surface area contributed by atoms with E-state index in [2.05, 4.69) is 0 Å². The Kier molecular flexibility index (Phi) is 2.93. The van der Waals surface area contributed by atoms with Gasteiger partial charge in [-0.25, -0.2) is 0 Å². The van der Waals surface area contributed by atoms with Gasteiger partial charge in [0.05, 0.1) is 0 Å². The lowest BCUT2D eigenvalue weighted by Gasteiger charge is -2.35. The number of carbonyl (C=O) groups excluding carboxylic acids is 2. The van der Waals surface area contributed by atoms with Crippen molar-refractivity contribution >= 4 is 11.8 Å². The van der Waals surface area contributed by atoms with Crippen molar-refractivity contribution in [2.24, 2.45) is 17.6 Å².